The highest BCUT2D eigenvalue weighted by molar-refractivity contribution is 5.91. The predicted octanol–water partition coefficient (Wildman–Crippen LogP) is 3.13. The molecule has 22 heavy (non-hydrogen) atoms. The van der Waals surface area contributed by atoms with Crippen LogP contribution in [-0.2, 0) is 10.2 Å². The summed E-state index contributed by atoms with van der Waals surface area (Å²) in [6.07, 6.45) is 3.74. The van der Waals surface area contributed by atoms with Gasteiger partial charge in [-0.25, -0.2) is 4.39 Å². The zero-order valence-electron chi connectivity index (χ0n) is 12.2. The molecule has 0 unspecified atom stereocenters. The topological polar surface area (TPSA) is 46.3 Å². The summed E-state index contributed by atoms with van der Waals surface area (Å²) < 4.78 is 19.1. The molecule has 1 aliphatic heterocycles. The highest BCUT2D eigenvalue weighted by Gasteiger charge is 2.55. The maximum atomic E-state index is 13.8. The second-order valence-corrected chi connectivity index (χ2v) is 6.14. The number of rotatable bonds is 3. The third kappa shape index (κ3) is 2.03. The second kappa shape index (κ2) is 4.93. The van der Waals surface area contributed by atoms with Gasteiger partial charge in [-0.3, -0.25) is 4.79 Å². The summed E-state index contributed by atoms with van der Waals surface area (Å²) in [6.45, 7) is 1.66. The molecule has 0 N–H and O–H groups in total. The van der Waals surface area contributed by atoms with Crippen molar-refractivity contribution < 1.29 is 13.7 Å². The van der Waals surface area contributed by atoms with Crippen molar-refractivity contribution in [2.45, 2.75) is 31.1 Å². The molecular formula is C17H17FN2O2. The van der Waals surface area contributed by atoms with Crippen LogP contribution in [0.25, 0.3) is 11.3 Å². The molecule has 5 heteroatoms. The smallest absolute Gasteiger partial charge is 0.234 e. The van der Waals surface area contributed by atoms with Crippen LogP contribution in [0.3, 0.4) is 0 Å². The van der Waals surface area contributed by atoms with Gasteiger partial charge in [0.15, 0.2) is 5.76 Å². The van der Waals surface area contributed by atoms with Gasteiger partial charge in [0, 0.05) is 19.2 Å². The van der Waals surface area contributed by atoms with E-state index >= 15 is 0 Å². The van der Waals surface area contributed by atoms with Crippen LogP contribution in [-0.4, -0.2) is 29.1 Å². The van der Waals surface area contributed by atoms with Gasteiger partial charge in [-0.05, 0) is 37.8 Å². The fourth-order valence-corrected chi connectivity index (χ4v) is 3.22. The number of aromatic nitrogens is 1. The van der Waals surface area contributed by atoms with E-state index in [-0.39, 0.29) is 11.7 Å². The first-order valence-electron chi connectivity index (χ1n) is 7.72. The Morgan fingerprint density at radius 1 is 1.23 bits per heavy atom. The summed E-state index contributed by atoms with van der Waals surface area (Å²) in [4.78, 5) is 14.6. The van der Waals surface area contributed by atoms with Gasteiger partial charge in [-0.15, -0.1) is 0 Å². The lowest BCUT2D eigenvalue weighted by atomic mass is 9.99. The molecule has 2 fully saturated rings. The van der Waals surface area contributed by atoms with Crippen molar-refractivity contribution >= 4 is 5.91 Å². The fourth-order valence-electron chi connectivity index (χ4n) is 3.22. The first-order chi connectivity index (χ1) is 10.7. The molecule has 0 spiro atoms. The Labute approximate surface area is 127 Å². The number of hydrogen-bond donors (Lipinski definition) is 0. The molecule has 1 saturated heterocycles. The van der Waals surface area contributed by atoms with Gasteiger partial charge in [-0.1, -0.05) is 17.3 Å². The van der Waals surface area contributed by atoms with Crippen LogP contribution in [0.2, 0.25) is 0 Å². The zero-order chi connectivity index (χ0) is 15.2. The van der Waals surface area contributed by atoms with E-state index in [1.165, 1.54) is 6.07 Å². The molecule has 2 aromatic rings. The first kappa shape index (κ1) is 13.5. The monoisotopic (exact) mass is 300 g/mol. The number of carbonyl (C=O) groups excluding carboxylic acids is 1. The molecular weight excluding hydrogens is 283 g/mol. The maximum absolute atomic E-state index is 13.8. The van der Waals surface area contributed by atoms with Gasteiger partial charge in [0.25, 0.3) is 0 Å². The lowest BCUT2D eigenvalue weighted by molar-refractivity contribution is -0.133. The lowest BCUT2D eigenvalue weighted by Gasteiger charge is -2.20. The molecule has 1 saturated carbocycles. The number of benzene rings is 1. The minimum absolute atomic E-state index is 0.151. The van der Waals surface area contributed by atoms with Crippen LogP contribution in [0.5, 0.6) is 0 Å². The van der Waals surface area contributed by atoms with Gasteiger partial charge in [0.2, 0.25) is 5.91 Å². The number of nitrogens with zero attached hydrogens (tertiary/aromatic N) is 2. The van der Waals surface area contributed by atoms with E-state index < -0.39 is 5.41 Å². The molecule has 1 aromatic heterocycles. The highest BCUT2D eigenvalue weighted by atomic mass is 19.1. The first-order valence-corrected chi connectivity index (χ1v) is 7.72. The quantitative estimate of drug-likeness (QED) is 0.875. The minimum atomic E-state index is -0.530. The summed E-state index contributed by atoms with van der Waals surface area (Å²) in [6, 6.07) is 8.15. The van der Waals surface area contributed by atoms with Crippen molar-refractivity contribution in [2.75, 3.05) is 13.1 Å². The molecule has 4 nitrogen and oxygen atoms in total. The number of halogens is 1. The molecule has 114 valence electrons. The van der Waals surface area contributed by atoms with Crippen LogP contribution < -0.4 is 0 Å². The number of hydrogen-bond acceptors (Lipinski definition) is 3. The Morgan fingerprint density at radius 3 is 2.64 bits per heavy atom. The van der Waals surface area contributed by atoms with E-state index in [1.54, 1.807) is 24.3 Å². The Bertz CT molecular complexity index is 715. The molecule has 1 aromatic carbocycles. The molecule has 0 radical (unpaired) electrons. The standard InChI is InChI=1S/C17H17FN2O2/c18-13-6-2-1-5-12(13)14-11-15(19-22-14)17(7-8-17)16(21)20-9-3-4-10-20/h1-2,5-6,11H,3-4,7-10H2. The van der Waals surface area contributed by atoms with Crippen molar-refractivity contribution in [3.8, 4) is 11.3 Å². The van der Waals surface area contributed by atoms with E-state index in [2.05, 4.69) is 5.16 Å². The van der Waals surface area contributed by atoms with Crippen LogP contribution in [0, 0.1) is 5.82 Å². The number of likely N-dealkylation sites (tertiary alicyclic amines) is 1. The van der Waals surface area contributed by atoms with E-state index in [0.717, 1.165) is 38.8 Å². The van der Waals surface area contributed by atoms with E-state index in [0.29, 0.717) is 17.0 Å². The van der Waals surface area contributed by atoms with Crippen LogP contribution >= 0.6 is 0 Å². The Morgan fingerprint density at radius 2 is 1.95 bits per heavy atom. The Kier molecular flexibility index (Phi) is 3.03. The largest absolute Gasteiger partial charge is 0.356 e. The summed E-state index contributed by atoms with van der Waals surface area (Å²) >= 11 is 0. The third-order valence-electron chi connectivity index (χ3n) is 4.69. The van der Waals surface area contributed by atoms with E-state index in [4.69, 9.17) is 4.52 Å². The van der Waals surface area contributed by atoms with E-state index in [1.807, 2.05) is 4.90 Å². The van der Waals surface area contributed by atoms with Crippen molar-refractivity contribution in [2.24, 2.45) is 0 Å². The Hall–Kier alpha value is -2.17. The van der Waals surface area contributed by atoms with Crippen molar-refractivity contribution in [1.29, 1.82) is 0 Å². The molecule has 2 heterocycles. The van der Waals surface area contributed by atoms with Crippen LogP contribution in [0.15, 0.2) is 34.9 Å². The van der Waals surface area contributed by atoms with Gasteiger partial charge in [0.1, 0.15) is 5.82 Å². The SMILES string of the molecule is O=C(N1CCCC1)C1(c2cc(-c3ccccc3F)on2)CC1. The highest BCUT2D eigenvalue weighted by Crippen LogP contribution is 2.50. The van der Waals surface area contributed by atoms with E-state index in [9.17, 15) is 9.18 Å². The molecule has 0 atom stereocenters. The number of carbonyl (C=O) groups is 1. The van der Waals surface area contributed by atoms with Gasteiger partial charge >= 0.3 is 0 Å². The normalized spacial score (nSPS) is 19.4. The fraction of sp³-hybridized carbons (Fsp3) is 0.412. The van der Waals surface area contributed by atoms with Crippen molar-refractivity contribution in [3.05, 3.63) is 41.8 Å². The summed E-state index contributed by atoms with van der Waals surface area (Å²) in [5, 5.41) is 4.07. The maximum Gasteiger partial charge on any atom is 0.234 e. The molecule has 1 aliphatic carbocycles. The predicted molar refractivity (Wildman–Crippen MR) is 78.6 cm³/mol. The molecule has 2 aliphatic rings. The van der Waals surface area contributed by atoms with Gasteiger partial charge in [-0.2, -0.15) is 0 Å². The molecule has 1 amide bonds. The third-order valence-corrected chi connectivity index (χ3v) is 4.69. The second-order valence-electron chi connectivity index (χ2n) is 6.14. The van der Waals surface area contributed by atoms with Crippen molar-refractivity contribution in [3.63, 3.8) is 0 Å². The van der Waals surface area contributed by atoms with Gasteiger partial charge in [0.05, 0.1) is 16.7 Å². The van der Waals surface area contributed by atoms with Gasteiger partial charge < -0.3 is 9.42 Å². The zero-order valence-corrected chi connectivity index (χ0v) is 12.2. The van der Waals surface area contributed by atoms with Crippen molar-refractivity contribution in [1.82, 2.24) is 10.1 Å². The summed E-state index contributed by atoms with van der Waals surface area (Å²) in [5.74, 6) is 0.188. The summed E-state index contributed by atoms with van der Waals surface area (Å²) in [7, 11) is 0. The average Bonchev–Trinajstić information content (AvgIpc) is 2.97. The minimum Gasteiger partial charge on any atom is -0.356 e. The molecule has 4 rings (SSSR count). The number of amides is 1. The Balaban J connectivity index is 1.64. The average molecular weight is 300 g/mol. The van der Waals surface area contributed by atoms with Crippen LogP contribution in [0.1, 0.15) is 31.4 Å². The van der Waals surface area contributed by atoms with Crippen LogP contribution in [0.4, 0.5) is 4.39 Å². The summed E-state index contributed by atoms with van der Waals surface area (Å²) in [5.41, 5.74) is 0.491. The lowest BCUT2D eigenvalue weighted by Crippen LogP contribution is -2.37. The molecule has 0 bridgehead atoms.